The van der Waals surface area contributed by atoms with Crippen molar-refractivity contribution >= 4 is 15.9 Å². The average Bonchev–Trinajstić information content (AvgIpc) is 2.09. The number of nitrogens with two attached hydrogens (primary N) is 1. The topological polar surface area (TPSA) is 59.1 Å². The van der Waals surface area contributed by atoms with Crippen LogP contribution in [-0.4, -0.2) is 22.7 Å². The summed E-state index contributed by atoms with van der Waals surface area (Å²) in [6, 6.07) is 3.61. The molecule has 0 amide bonds. The molecular formula is C8H11BrN2O. The quantitative estimate of drug-likeness (QED) is 0.753. The van der Waals surface area contributed by atoms with Crippen LogP contribution in [0.2, 0.25) is 0 Å². The van der Waals surface area contributed by atoms with Crippen molar-refractivity contribution in [3.63, 3.8) is 0 Å². The molecule has 1 aromatic heterocycles. The molecule has 3 N–H and O–H groups in total. The van der Waals surface area contributed by atoms with Crippen molar-refractivity contribution in [1.29, 1.82) is 0 Å². The molecule has 0 saturated heterocycles. The lowest BCUT2D eigenvalue weighted by Gasteiger charge is -2.06. The molecule has 1 atom stereocenters. The van der Waals surface area contributed by atoms with Crippen LogP contribution in [0.25, 0.3) is 0 Å². The average molecular weight is 231 g/mol. The molecule has 1 rings (SSSR count). The Hall–Kier alpha value is -0.450. The Kier molecular flexibility index (Phi) is 3.65. The van der Waals surface area contributed by atoms with Crippen LogP contribution in [-0.2, 0) is 6.42 Å². The molecule has 0 aliphatic heterocycles. The number of aliphatic hydroxyl groups is 1. The third kappa shape index (κ3) is 2.89. The minimum atomic E-state index is -0.187. The third-order valence-corrected chi connectivity index (χ3v) is 1.99. The largest absolute Gasteiger partial charge is 0.395 e. The maximum absolute atomic E-state index is 8.70. The molecule has 0 fully saturated rings. The monoisotopic (exact) mass is 230 g/mol. The van der Waals surface area contributed by atoms with Crippen LogP contribution in [0.3, 0.4) is 0 Å². The standard InChI is InChI=1S/C8H11BrN2O/c9-8-2-1-6(4-11-8)3-7(10)5-12/h1-2,4,7,12H,3,5,10H2. The fourth-order valence-electron chi connectivity index (χ4n) is 0.894. The number of halogens is 1. The summed E-state index contributed by atoms with van der Waals surface area (Å²) < 4.78 is 0.809. The molecule has 0 aromatic carbocycles. The lowest BCUT2D eigenvalue weighted by atomic mass is 10.1. The summed E-state index contributed by atoms with van der Waals surface area (Å²) in [7, 11) is 0. The molecule has 0 aliphatic carbocycles. The summed E-state index contributed by atoms with van der Waals surface area (Å²) in [4.78, 5) is 4.05. The van der Waals surface area contributed by atoms with Crippen LogP contribution in [0.15, 0.2) is 22.9 Å². The fourth-order valence-corrected chi connectivity index (χ4v) is 1.13. The normalized spacial score (nSPS) is 12.9. The lowest BCUT2D eigenvalue weighted by molar-refractivity contribution is 0.265. The molecule has 0 bridgehead atoms. The van der Waals surface area contributed by atoms with E-state index in [1.165, 1.54) is 0 Å². The number of hydrogen-bond donors (Lipinski definition) is 2. The van der Waals surface area contributed by atoms with Gasteiger partial charge in [-0.1, -0.05) is 6.07 Å². The highest BCUT2D eigenvalue weighted by atomic mass is 79.9. The summed E-state index contributed by atoms with van der Waals surface area (Å²) in [5.74, 6) is 0. The van der Waals surface area contributed by atoms with Crippen molar-refractivity contribution in [3.8, 4) is 0 Å². The summed E-state index contributed by atoms with van der Waals surface area (Å²) in [5.41, 5.74) is 6.59. The van der Waals surface area contributed by atoms with Crippen molar-refractivity contribution in [2.24, 2.45) is 5.73 Å². The second-order valence-electron chi connectivity index (χ2n) is 2.64. The molecule has 4 heteroatoms. The summed E-state index contributed by atoms with van der Waals surface area (Å²) in [5, 5.41) is 8.70. The highest BCUT2D eigenvalue weighted by Crippen LogP contribution is 2.07. The molecule has 1 heterocycles. The summed E-state index contributed by atoms with van der Waals surface area (Å²) in [6.45, 7) is 0.00998. The molecule has 66 valence electrons. The first-order valence-corrected chi connectivity index (χ1v) is 4.48. The van der Waals surface area contributed by atoms with Crippen molar-refractivity contribution in [1.82, 2.24) is 4.98 Å². The smallest absolute Gasteiger partial charge is 0.106 e. The first-order chi connectivity index (χ1) is 5.72. The van der Waals surface area contributed by atoms with E-state index < -0.39 is 0 Å². The maximum atomic E-state index is 8.70. The van der Waals surface area contributed by atoms with Crippen molar-refractivity contribution in [3.05, 3.63) is 28.5 Å². The predicted octanol–water partition coefficient (Wildman–Crippen LogP) is 0.706. The molecule has 12 heavy (non-hydrogen) atoms. The van der Waals surface area contributed by atoms with Gasteiger partial charge in [-0.25, -0.2) is 4.98 Å². The Balaban J connectivity index is 2.58. The van der Waals surface area contributed by atoms with Crippen LogP contribution in [0.1, 0.15) is 5.56 Å². The van der Waals surface area contributed by atoms with Gasteiger partial charge in [-0.05, 0) is 34.0 Å². The zero-order chi connectivity index (χ0) is 8.97. The van der Waals surface area contributed by atoms with E-state index in [0.29, 0.717) is 6.42 Å². The van der Waals surface area contributed by atoms with E-state index in [2.05, 4.69) is 20.9 Å². The minimum absolute atomic E-state index is 0.00998. The number of rotatable bonds is 3. The van der Waals surface area contributed by atoms with E-state index in [1.807, 2.05) is 12.1 Å². The fraction of sp³-hybridized carbons (Fsp3) is 0.375. The van der Waals surface area contributed by atoms with Gasteiger partial charge in [0.25, 0.3) is 0 Å². The molecule has 1 unspecified atom stereocenters. The van der Waals surface area contributed by atoms with Crippen molar-refractivity contribution in [2.75, 3.05) is 6.61 Å². The highest BCUT2D eigenvalue weighted by Gasteiger charge is 2.01. The molecule has 3 nitrogen and oxygen atoms in total. The first-order valence-electron chi connectivity index (χ1n) is 3.69. The van der Waals surface area contributed by atoms with Gasteiger partial charge in [0.15, 0.2) is 0 Å². The Morgan fingerprint density at radius 3 is 2.83 bits per heavy atom. The maximum Gasteiger partial charge on any atom is 0.106 e. The predicted molar refractivity (Wildman–Crippen MR) is 50.7 cm³/mol. The van der Waals surface area contributed by atoms with E-state index >= 15 is 0 Å². The van der Waals surface area contributed by atoms with E-state index in [9.17, 15) is 0 Å². The van der Waals surface area contributed by atoms with Gasteiger partial charge < -0.3 is 10.8 Å². The number of aromatic nitrogens is 1. The van der Waals surface area contributed by atoms with Crippen LogP contribution in [0.4, 0.5) is 0 Å². The third-order valence-electron chi connectivity index (χ3n) is 1.52. The molecule has 0 radical (unpaired) electrons. The van der Waals surface area contributed by atoms with Gasteiger partial charge >= 0.3 is 0 Å². The van der Waals surface area contributed by atoms with Crippen LogP contribution >= 0.6 is 15.9 Å². The second kappa shape index (κ2) is 4.54. The number of nitrogens with zero attached hydrogens (tertiary/aromatic N) is 1. The van der Waals surface area contributed by atoms with E-state index in [0.717, 1.165) is 10.2 Å². The van der Waals surface area contributed by atoms with Gasteiger partial charge in [-0.2, -0.15) is 0 Å². The Bertz CT molecular complexity index is 237. The number of hydrogen-bond acceptors (Lipinski definition) is 3. The van der Waals surface area contributed by atoms with Crippen molar-refractivity contribution in [2.45, 2.75) is 12.5 Å². The molecule has 0 spiro atoms. The van der Waals surface area contributed by atoms with E-state index in [4.69, 9.17) is 10.8 Å². The van der Waals surface area contributed by atoms with Gasteiger partial charge in [0, 0.05) is 12.2 Å². The van der Waals surface area contributed by atoms with Gasteiger partial charge in [-0.15, -0.1) is 0 Å². The number of pyridine rings is 1. The first kappa shape index (κ1) is 9.64. The number of aliphatic hydroxyl groups excluding tert-OH is 1. The van der Waals surface area contributed by atoms with Gasteiger partial charge in [0.2, 0.25) is 0 Å². The Labute approximate surface area is 79.7 Å². The Morgan fingerprint density at radius 1 is 1.58 bits per heavy atom. The lowest BCUT2D eigenvalue weighted by Crippen LogP contribution is -2.26. The van der Waals surface area contributed by atoms with Crippen LogP contribution < -0.4 is 5.73 Å². The second-order valence-corrected chi connectivity index (χ2v) is 3.45. The molecule has 0 aliphatic rings. The molecule has 0 saturated carbocycles. The minimum Gasteiger partial charge on any atom is -0.395 e. The zero-order valence-corrected chi connectivity index (χ0v) is 8.16. The van der Waals surface area contributed by atoms with E-state index in [-0.39, 0.29) is 12.6 Å². The van der Waals surface area contributed by atoms with Gasteiger partial charge in [0.1, 0.15) is 4.60 Å². The molecular weight excluding hydrogens is 220 g/mol. The summed E-state index contributed by atoms with van der Waals surface area (Å²) in [6.07, 6.45) is 2.41. The van der Waals surface area contributed by atoms with E-state index in [1.54, 1.807) is 6.20 Å². The van der Waals surface area contributed by atoms with Crippen molar-refractivity contribution < 1.29 is 5.11 Å². The summed E-state index contributed by atoms with van der Waals surface area (Å²) >= 11 is 3.24. The van der Waals surface area contributed by atoms with Crippen LogP contribution in [0, 0.1) is 0 Å². The Morgan fingerprint density at radius 2 is 2.33 bits per heavy atom. The van der Waals surface area contributed by atoms with Crippen LogP contribution in [0.5, 0.6) is 0 Å². The zero-order valence-electron chi connectivity index (χ0n) is 6.57. The molecule has 1 aromatic rings. The van der Waals surface area contributed by atoms with Gasteiger partial charge in [0.05, 0.1) is 6.61 Å². The SMILES string of the molecule is NC(CO)Cc1ccc(Br)nc1. The highest BCUT2D eigenvalue weighted by molar-refractivity contribution is 9.10. The van der Waals surface area contributed by atoms with Gasteiger partial charge in [-0.3, -0.25) is 0 Å².